The molecule has 1 aliphatic heterocycles. The Morgan fingerprint density at radius 1 is 1.79 bits per heavy atom. The third-order valence-electron chi connectivity index (χ3n) is 2.86. The number of hydrogen-bond donors (Lipinski definition) is 1. The van der Waals surface area contributed by atoms with Gasteiger partial charge in [-0.15, -0.1) is 0 Å². The molecule has 0 bridgehead atoms. The zero-order chi connectivity index (χ0) is 10.1. The van der Waals surface area contributed by atoms with Crippen LogP contribution in [0.4, 0.5) is 0 Å². The van der Waals surface area contributed by atoms with Crippen LogP contribution in [0.25, 0.3) is 0 Å². The summed E-state index contributed by atoms with van der Waals surface area (Å²) in [5.41, 5.74) is 1.09. The highest BCUT2D eigenvalue weighted by molar-refractivity contribution is 5.67. The Labute approximate surface area is 82.6 Å². The van der Waals surface area contributed by atoms with E-state index in [0.717, 1.165) is 30.9 Å². The first-order chi connectivity index (χ1) is 6.68. The van der Waals surface area contributed by atoms with Crippen LogP contribution in [0.15, 0.2) is 6.20 Å². The molecule has 4 nitrogen and oxygen atoms in total. The summed E-state index contributed by atoms with van der Waals surface area (Å²) >= 11 is 0. The van der Waals surface area contributed by atoms with E-state index in [-0.39, 0.29) is 12.3 Å². The zero-order valence-electron chi connectivity index (χ0n) is 8.23. The van der Waals surface area contributed by atoms with E-state index < -0.39 is 5.97 Å². The van der Waals surface area contributed by atoms with Crippen molar-refractivity contribution in [3.05, 3.63) is 17.7 Å². The fourth-order valence-electron chi connectivity index (χ4n) is 2.16. The van der Waals surface area contributed by atoms with Crippen LogP contribution in [0.1, 0.15) is 36.7 Å². The summed E-state index contributed by atoms with van der Waals surface area (Å²) in [4.78, 5) is 14.9. The number of carbonyl (C=O) groups is 1. The van der Waals surface area contributed by atoms with Crippen LogP contribution < -0.4 is 0 Å². The van der Waals surface area contributed by atoms with Gasteiger partial charge in [-0.1, -0.05) is 0 Å². The van der Waals surface area contributed by atoms with Gasteiger partial charge in [0.15, 0.2) is 0 Å². The van der Waals surface area contributed by atoms with Gasteiger partial charge in [-0.05, 0) is 19.8 Å². The van der Waals surface area contributed by atoms with E-state index in [1.807, 2.05) is 13.1 Å². The maximum absolute atomic E-state index is 10.7. The minimum atomic E-state index is -0.720. The van der Waals surface area contributed by atoms with Crippen molar-refractivity contribution >= 4 is 5.97 Å². The van der Waals surface area contributed by atoms with Gasteiger partial charge in [-0.25, -0.2) is 4.98 Å². The molecule has 14 heavy (non-hydrogen) atoms. The van der Waals surface area contributed by atoms with Crippen molar-refractivity contribution < 1.29 is 9.90 Å². The largest absolute Gasteiger partial charge is 0.481 e. The zero-order valence-corrected chi connectivity index (χ0v) is 8.23. The molecule has 2 rings (SSSR count). The molecule has 2 heterocycles. The maximum Gasteiger partial charge on any atom is 0.304 e. The van der Waals surface area contributed by atoms with Gasteiger partial charge < -0.3 is 9.67 Å². The highest BCUT2D eigenvalue weighted by atomic mass is 16.4. The second kappa shape index (κ2) is 3.44. The lowest BCUT2D eigenvalue weighted by Gasteiger charge is -2.23. The quantitative estimate of drug-likeness (QED) is 0.777. The van der Waals surface area contributed by atoms with Gasteiger partial charge >= 0.3 is 5.97 Å². The smallest absolute Gasteiger partial charge is 0.304 e. The molecule has 0 amide bonds. The fourth-order valence-corrected chi connectivity index (χ4v) is 2.16. The minimum absolute atomic E-state index is 0.155. The minimum Gasteiger partial charge on any atom is -0.481 e. The molecule has 1 atom stereocenters. The molecule has 1 aromatic rings. The molecular formula is C10H14N2O2. The number of carboxylic acids is 1. The van der Waals surface area contributed by atoms with Gasteiger partial charge in [0.25, 0.3) is 0 Å². The number of aryl methyl sites for hydroxylation is 1. The van der Waals surface area contributed by atoms with E-state index in [4.69, 9.17) is 5.11 Å². The number of imidazole rings is 1. The standard InChI is InChI=1S/C10H14N2O2/c1-7-11-6-9-8(5-10(13)14)3-2-4-12(7)9/h6,8H,2-5H2,1H3,(H,13,14). The molecule has 0 aliphatic carbocycles. The van der Waals surface area contributed by atoms with Crippen molar-refractivity contribution in [1.82, 2.24) is 9.55 Å². The van der Waals surface area contributed by atoms with E-state index in [0.29, 0.717) is 0 Å². The van der Waals surface area contributed by atoms with Gasteiger partial charge in [0, 0.05) is 24.4 Å². The lowest BCUT2D eigenvalue weighted by Crippen LogP contribution is -2.18. The Kier molecular flexibility index (Phi) is 2.27. The van der Waals surface area contributed by atoms with E-state index in [9.17, 15) is 4.79 Å². The molecule has 1 unspecified atom stereocenters. The maximum atomic E-state index is 10.7. The Hall–Kier alpha value is -1.32. The predicted octanol–water partition coefficient (Wildman–Crippen LogP) is 1.54. The molecule has 76 valence electrons. The SMILES string of the molecule is Cc1ncc2n1CCCC2CC(=O)O. The number of carboxylic acid groups (broad SMARTS) is 1. The molecule has 0 radical (unpaired) electrons. The Morgan fingerprint density at radius 2 is 2.57 bits per heavy atom. The molecule has 0 aromatic carbocycles. The van der Waals surface area contributed by atoms with Gasteiger partial charge in [0.2, 0.25) is 0 Å². The molecular weight excluding hydrogens is 180 g/mol. The number of aliphatic carboxylic acids is 1. The lowest BCUT2D eigenvalue weighted by atomic mass is 9.93. The van der Waals surface area contributed by atoms with Gasteiger partial charge in [-0.2, -0.15) is 0 Å². The first-order valence-corrected chi connectivity index (χ1v) is 4.92. The van der Waals surface area contributed by atoms with Crippen LogP contribution in [-0.4, -0.2) is 20.6 Å². The van der Waals surface area contributed by atoms with Crippen molar-refractivity contribution in [2.75, 3.05) is 0 Å². The molecule has 1 aromatic heterocycles. The van der Waals surface area contributed by atoms with Crippen LogP contribution >= 0.6 is 0 Å². The highest BCUT2D eigenvalue weighted by Crippen LogP contribution is 2.30. The molecule has 0 saturated carbocycles. The lowest BCUT2D eigenvalue weighted by molar-refractivity contribution is -0.137. The predicted molar refractivity (Wildman–Crippen MR) is 51.2 cm³/mol. The number of rotatable bonds is 2. The fraction of sp³-hybridized carbons (Fsp3) is 0.600. The third-order valence-corrected chi connectivity index (χ3v) is 2.86. The summed E-state index contributed by atoms with van der Waals surface area (Å²) in [6, 6.07) is 0. The Morgan fingerprint density at radius 3 is 3.29 bits per heavy atom. The molecule has 0 saturated heterocycles. The van der Waals surface area contributed by atoms with E-state index in [1.165, 1.54) is 0 Å². The van der Waals surface area contributed by atoms with Gasteiger partial charge in [-0.3, -0.25) is 4.79 Å². The number of nitrogens with zero attached hydrogens (tertiary/aromatic N) is 2. The average molecular weight is 194 g/mol. The van der Waals surface area contributed by atoms with E-state index >= 15 is 0 Å². The second-order valence-corrected chi connectivity index (χ2v) is 3.82. The van der Waals surface area contributed by atoms with E-state index in [2.05, 4.69) is 9.55 Å². The summed E-state index contributed by atoms with van der Waals surface area (Å²) in [7, 11) is 0. The average Bonchev–Trinajstić information content (AvgIpc) is 2.49. The first-order valence-electron chi connectivity index (χ1n) is 4.92. The number of fused-ring (bicyclic) bond motifs is 1. The highest BCUT2D eigenvalue weighted by Gasteiger charge is 2.23. The summed E-state index contributed by atoms with van der Waals surface area (Å²) in [6.45, 7) is 2.95. The van der Waals surface area contributed by atoms with Gasteiger partial charge in [0.05, 0.1) is 6.42 Å². The van der Waals surface area contributed by atoms with Crippen LogP contribution in [-0.2, 0) is 11.3 Å². The van der Waals surface area contributed by atoms with Crippen molar-refractivity contribution in [1.29, 1.82) is 0 Å². The Balaban J connectivity index is 2.27. The van der Waals surface area contributed by atoms with Crippen molar-refractivity contribution in [2.45, 2.75) is 38.6 Å². The summed E-state index contributed by atoms with van der Waals surface area (Å²) in [6.07, 6.45) is 4.08. The van der Waals surface area contributed by atoms with Crippen LogP contribution in [0.2, 0.25) is 0 Å². The van der Waals surface area contributed by atoms with Crippen molar-refractivity contribution in [2.24, 2.45) is 0 Å². The third kappa shape index (κ3) is 1.52. The molecule has 0 spiro atoms. The van der Waals surface area contributed by atoms with Crippen LogP contribution in [0.3, 0.4) is 0 Å². The summed E-state index contributed by atoms with van der Waals surface area (Å²) < 4.78 is 2.14. The molecule has 4 heteroatoms. The van der Waals surface area contributed by atoms with Crippen LogP contribution in [0, 0.1) is 6.92 Å². The number of aromatic nitrogens is 2. The monoisotopic (exact) mass is 194 g/mol. The normalized spacial score (nSPS) is 20.5. The Bertz CT molecular complexity index is 357. The first kappa shape index (κ1) is 9.24. The second-order valence-electron chi connectivity index (χ2n) is 3.82. The molecule has 0 fully saturated rings. The van der Waals surface area contributed by atoms with Crippen molar-refractivity contribution in [3.63, 3.8) is 0 Å². The molecule has 1 N–H and O–H groups in total. The van der Waals surface area contributed by atoms with E-state index in [1.54, 1.807) is 0 Å². The van der Waals surface area contributed by atoms with Crippen LogP contribution in [0.5, 0.6) is 0 Å². The molecule has 1 aliphatic rings. The summed E-state index contributed by atoms with van der Waals surface area (Å²) in [5.74, 6) is 0.430. The van der Waals surface area contributed by atoms with Gasteiger partial charge in [0.1, 0.15) is 5.82 Å². The van der Waals surface area contributed by atoms with Crippen molar-refractivity contribution in [3.8, 4) is 0 Å². The summed E-state index contributed by atoms with van der Waals surface area (Å²) in [5, 5.41) is 8.77. The topological polar surface area (TPSA) is 55.1 Å². The number of hydrogen-bond acceptors (Lipinski definition) is 2.